The molecule has 11 nitrogen and oxygen atoms in total. The number of nitriles is 1. The van der Waals surface area contributed by atoms with E-state index in [1.807, 2.05) is 6.92 Å². The molecule has 0 spiro atoms. The molecule has 0 radical (unpaired) electrons. The molecule has 2 atom stereocenters. The zero-order chi connectivity index (χ0) is 20.0. The molecule has 0 aliphatic carbocycles. The average molecular weight is 380 g/mol. The second kappa shape index (κ2) is 8.52. The maximum Gasteiger partial charge on any atom is 0.412 e. The SMILES string of the molecule is CCCCCOC(=O)Nc1ccn([C@]2(C#N)OC(CO)=C(O)C2O)c(=O)n1. The average Bonchev–Trinajstić information content (AvgIpc) is 2.90. The molecule has 27 heavy (non-hydrogen) atoms. The first-order chi connectivity index (χ1) is 12.9. The van der Waals surface area contributed by atoms with Gasteiger partial charge in [0.2, 0.25) is 0 Å². The largest absolute Gasteiger partial charge is 0.506 e. The molecular formula is C16H20N4O7. The van der Waals surface area contributed by atoms with Crippen LogP contribution in [-0.2, 0) is 15.2 Å². The quantitative estimate of drug-likeness (QED) is 0.487. The highest BCUT2D eigenvalue weighted by atomic mass is 16.6. The Balaban J connectivity index is 2.16. The van der Waals surface area contributed by atoms with Crippen LogP contribution in [0.15, 0.2) is 28.6 Å². The van der Waals surface area contributed by atoms with Crippen LogP contribution < -0.4 is 11.0 Å². The molecule has 2 heterocycles. The number of aliphatic hydroxyl groups excluding tert-OH is 3. The minimum absolute atomic E-state index is 0.128. The molecule has 0 aromatic carbocycles. The Morgan fingerprint density at radius 1 is 1.56 bits per heavy atom. The predicted octanol–water partition coefficient (Wildman–Crippen LogP) is 0.311. The maximum atomic E-state index is 12.3. The van der Waals surface area contributed by atoms with E-state index in [0.717, 1.165) is 19.0 Å². The number of hydrogen-bond donors (Lipinski definition) is 4. The van der Waals surface area contributed by atoms with Crippen molar-refractivity contribution in [1.29, 1.82) is 5.26 Å². The zero-order valence-corrected chi connectivity index (χ0v) is 14.6. The second-order valence-electron chi connectivity index (χ2n) is 5.71. The highest BCUT2D eigenvalue weighted by molar-refractivity contribution is 5.83. The summed E-state index contributed by atoms with van der Waals surface area (Å²) in [5, 5.41) is 40.7. The molecule has 11 heteroatoms. The molecule has 1 unspecified atom stereocenters. The van der Waals surface area contributed by atoms with E-state index in [1.165, 1.54) is 6.07 Å². The van der Waals surface area contributed by atoms with E-state index in [9.17, 15) is 25.1 Å². The molecule has 0 saturated carbocycles. The van der Waals surface area contributed by atoms with Gasteiger partial charge in [-0.1, -0.05) is 19.8 Å². The van der Waals surface area contributed by atoms with Gasteiger partial charge in [0.1, 0.15) is 18.5 Å². The van der Waals surface area contributed by atoms with Gasteiger partial charge in [0, 0.05) is 6.20 Å². The van der Waals surface area contributed by atoms with Gasteiger partial charge in [0.05, 0.1) is 6.61 Å². The first-order valence-electron chi connectivity index (χ1n) is 8.24. The minimum atomic E-state index is -2.33. The van der Waals surface area contributed by atoms with Gasteiger partial charge >= 0.3 is 17.5 Å². The fraction of sp³-hybridized carbons (Fsp3) is 0.500. The monoisotopic (exact) mass is 380 g/mol. The van der Waals surface area contributed by atoms with Gasteiger partial charge < -0.3 is 24.8 Å². The smallest absolute Gasteiger partial charge is 0.412 e. The number of rotatable bonds is 7. The number of aliphatic hydroxyl groups is 3. The summed E-state index contributed by atoms with van der Waals surface area (Å²) in [5.74, 6) is -1.32. The van der Waals surface area contributed by atoms with Crippen molar-refractivity contribution in [2.75, 3.05) is 18.5 Å². The van der Waals surface area contributed by atoms with Crippen LogP contribution in [0.25, 0.3) is 0 Å². The lowest BCUT2D eigenvalue weighted by Crippen LogP contribution is -2.48. The number of unbranched alkanes of at least 4 members (excludes halogenated alkanes) is 2. The van der Waals surface area contributed by atoms with E-state index in [1.54, 1.807) is 6.07 Å². The van der Waals surface area contributed by atoms with Crippen molar-refractivity contribution in [2.45, 2.75) is 38.0 Å². The van der Waals surface area contributed by atoms with Crippen molar-refractivity contribution in [3.63, 3.8) is 0 Å². The first-order valence-corrected chi connectivity index (χ1v) is 8.24. The van der Waals surface area contributed by atoms with Gasteiger partial charge in [-0.25, -0.2) is 14.2 Å². The molecule has 1 aromatic rings. The Morgan fingerprint density at radius 2 is 2.30 bits per heavy atom. The van der Waals surface area contributed by atoms with Gasteiger partial charge in [-0.3, -0.25) is 5.32 Å². The molecule has 1 aliphatic rings. The molecular weight excluding hydrogens is 360 g/mol. The summed E-state index contributed by atoms with van der Waals surface area (Å²) in [6, 6.07) is 2.80. The van der Waals surface area contributed by atoms with E-state index < -0.39 is 41.7 Å². The summed E-state index contributed by atoms with van der Waals surface area (Å²) in [6.45, 7) is 1.46. The standard InChI is InChI=1S/C16H20N4O7/c1-2-3-4-7-26-15(25)19-11-5-6-20(14(24)18-11)16(9-17)13(23)12(22)10(8-21)27-16/h5-6,13,21-23H,2-4,7-8H2,1H3,(H,18,19,24,25)/t13?,16-/m1/s1. The van der Waals surface area contributed by atoms with Crippen LogP contribution in [-0.4, -0.2) is 50.3 Å². The fourth-order valence-corrected chi connectivity index (χ4v) is 2.45. The Labute approximate surface area is 154 Å². The molecule has 0 bridgehead atoms. The Kier molecular flexibility index (Phi) is 6.38. The number of carbonyl (C=O) groups excluding carboxylic acids is 1. The number of carbonyl (C=O) groups is 1. The van der Waals surface area contributed by atoms with Crippen molar-refractivity contribution in [2.24, 2.45) is 0 Å². The molecule has 0 fully saturated rings. The number of amides is 1. The lowest BCUT2D eigenvalue weighted by molar-refractivity contribution is -0.0784. The van der Waals surface area contributed by atoms with E-state index in [-0.39, 0.29) is 12.4 Å². The topological polar surface area (TPSA) is 167 Å². The van der Waals surface area contributed by atoms with Crippen LogP contribution in [0.4, 0.5) is 10.6 Å². The van der Waals surface area contributed by atoms with Gasteiger partial charge in [0.25, 0.3) is 0 Å². The minimum Gasteiger partial charge on any atom is -0.506 e. The normalized spacial score (nSPS) is 21.5. The van der Waals surface area contributed by atoms with Crippen LogP contribution >= 0.6 is 0 Å². The second-order valence-corrected chi connectivity index (χ2v) is 5.71. The summed E-state index contributed by atoms with van der Waals surface area (Å²) >= 11 is 0. The molecule has 146 valence electrons. The molecule has 4 N–H and O–H groups in total. The summed E-state index contributed by atoms with van der Waals surface area (Å²) in [5.41, 5.74) is -3.36. The van der Waals surface area contributed by atoms with Crippen LogP contribution in [0, 0.1) is 11.3 Å². The predicted molar refractivity (Wildman–Crippen MR) is 90.4 cm³/mol. The van der Waals surface area contributed by atoms with Crippen molar-refractivity contribution >= 4 is 11.9 Å². The summed E-state index contributed by atoms with van der Waals surface area (Å²) in [4.78, 5) is 27.5. The van der Waals surface area contributed by atoms with Crippen LogP contribution in [0.3, 0.4) is 0 Å². The van der Waals surface area contributed by atoms with Crippen molar-refractivity contribution in [1.82, 2.24) is 9.55 Å². The summed E-state index contributed by atoms with van der Waals surface area (Å²) < 4.78 is 10.7. The Hall–Kier alpha value is -3.10. The lowest BCUT2D eigenvalue weighted by atomic mass is 10.1. The zero-order valence-electron chi connectivity index (χ0n) is 14.6. The lowest BCUT2D eigenvalue weighted by Gasteiger charge is -2.26. The first kappa shape index (κ1) is 20.2. The number of ether oxygens (including phenoxy) is 2. The van der Waals surface area contributed by atoms with E-state index in [4.69, 9.17) is 14.6 Å². The third-order valence-electron chi connectivity index (χ3n) is 3.87. The van der Waals surface area contributed by atoms with Gasteiger partial charge in [-0.2, -0.15) is 10.2 Å². The summed E-state index contributed by atoms with van der Waals surface area (Å²) in [6.07, 6.45) is 0.958. The maximum absolute atomic E-state index is 12.3. The third-order valence-corrected chi connectivity index (χ3v) is 3.87. The Morgan fingerprint density at radius 3 is 2.85 bits per heavy atom. The van der Waals surface area contributed by atoms with Crippen LogP contribution in [0.5, 0.6) is 0 Å². The van der Waals surface area contributed by atoms with Gasteiger partial charge in [-0.05, 0) is 12.5 Å². The van der Waals surface area contributed by atoms with E-state index in [0.29, 0.717) is 11.0 Å². The fourth-order valence-electron chi connectivity index (χ4n) is 2.45. The number of nitrogens with zero attached hydrogens (tertiary/aromatic N) is 3. The number of nitrogens with one attached hydrogen (secondary N) is 1. The number of anilines is 1. The van der Waals surface area contributed by atoms with Crippen molar-refractivity contribution < 1.29 is 29.6 Å². The summed E-state index contributed by atoms with van der Waals surface area (Å²) in [7, 11) is 0. The number of aromatic nitrogens is 2. The highest BCUT2D eigenvalue weighted by Gasteiger charge is 2.53. The van der Waals surface area contributed by atoms with E-state index >= 15 is 0 Å². The van der Waals surface area contributed by atoms with Crippen LogP contribution in [0.2, 0.25) is 0 Å². The van der Waals surface area contributed by atoms with E-state index in [2.05, 4.69) is 10.3 Å². The highest BCUT2D eigenvalue weighted by Crippen LogP contribution is 2.35. The van der Waals surface area contributed by atoms with Crippen molar-refractivity contribution in [3.05, 3.63) is 34.3 Å². The van der Waals surface area contributed by atoms with Crippen molar-refractivity contribution in [3.8, 4) is 6.07 Å². The third kappa shape index (κ3) is 4.02. The molecule has 1 aliphatic heterocycles. The number of hydrogen-bond acceptors (Lipinski definition) is 9. The molecule has 2 rings (SSSR count). The Bertz CT molecular complexity index is 829. The molecule has 1 aromatic heterocycles. The van der Waals surface area contributed by atoms with Gasteiger partial charge in [0.15, 0.2) is 17.6 Å². The molecule has 0 saturated heterocycles. The van der Waals surface area contributed by atoms with Crippen LogP contribution in [0.1, 0.15) is 26.2 Å². The van der Waals surface area contributed by atoms with Gasteiger partial charge in [-0.15, -0.1) is 0 Å². The molecule has 1 amide bonds.